The lowest BCUT2D eigenvalue weighted by atomic mass is 9.86. The third-order valence-corrected chi connectivity index (χ3v) is 7.03. The molecule has 0 saturated carbocycles. The van der Waals surface area contributed by atoms with Gasteiger partial charge < -0.3 is 4.90 Å². The predicted octanol–water partition coefficient (Wildman–Crippen LogP) is 6.64. The Bertz CT molecular complexity index is 1150. The standard InChI is InChI=1S/C27H30N2O2S/c1-17(2)29-23-12-18(3)21(13-22(23)19(4)15-27(29,5)6)14-24-25(30)28(26(31)32-24)16-20-10-8-7-9-11-20/h7-15,17H,16H2,1-6H3/b24-14-. The molecule has 5 heteroatoms. The highest BCUT2D eigenvalue weighted by atomic mass is 32.2. The van der Waals surface area contributed by atoms with Crippen LogP contribution < -0.4 is 4.90 Å². The Hall–Kier alpha value is -2.79. The van der Waals surface area contributed by atoms with Crippen molar-refractivity contribution < 1.29 is 9.59 Å². The van der Waals surface area contributed by atoms with Crippen molar-refractivity contribution in [2.45, 2.75) is 59.7 Å². The molecule has 2 aromatic carbocycles. The van der Waals surface area contributed by atoms with Gasteiger partial charge >= 0.3 is 0 Å². The van der Waals surface area contributed by atoms with Crippen LogP contribution in [0.2, 0.25) is 0 Å². The summed E-state index contributed by atoms with van der Waals surface area (Å²) >= 11 is 1.02. The molecule has 2 aliphatic heterocycles. The van der Waals surface area contributed by atoms with Gasteiger partial charge in [0.1, 0.15) is 0 Å². The Morgan fingerprint density at radius 1 is 1.06 bits per heavy atom. The van der Waals surface area contributed by atoms with E-state index in [9.17, 15) is 9.59 Å². The van der Waals surface area contributed by atoms with Crippen LogP contribution in [-0.2, 0) is 11.3 Å². The van der Waals surface area contributed by atoms with E-state index in [0.29, 0.717) is 17.5 Å². The van der Waals surface area contributed by atoms with Crippen LogP contribution in [0.5, 0.6) is 0 Å². The zero-order valence-corrected chi connectivity index (χ0v) is 20.4. The molecular formula is C27H30N2O2S. The van der Waals surface area contributed by atoms with E-state index >= 15 is 0 Å². The van der Waals surface area contributed by atoms with Gasteiger partial charge in [-0.1, -0.05) is 36.4 Å². The van der Waals surface area contributed by atoms with E-state index in [1.807, 2.05) is 36.4 Å². The van der Waals surface area contributed by atoms with Crippen LogP contribution in [0.4, 0.5) is 10.5 Å². The minimum atomic E-state index is -0.224. The molecule has 166 valence electrons. The Morgan fingerprint density at radius 3 is 2.41 bits per heavy atom. The summed E-state index contributed by atoms with van der Waals surface area (Å²) in [6, 6.07) is 14.3. The monoisotopic (exact) mass is 446 g/mol. The number of benzene rings is 2. The summed E-state index contributed by atoms with van der Waals surface area (Å²) in [5.74, 6) is -0.224. The summed E-state index contributed by atoms with van der Waals surface area (Å²) in [5.41, 5.74) is 6.57. The van der Waals surface area contributed by atoms with E-state index in [4.69, 9.17) is 0 Å². The van der Waals surface area contributed by atoms with E-state index in [1.54, 1.807) is 0 Å². The van der Waals surface area contributed by atoms with Gasteiger partial charge in [-0.3, -0.25) is 14.5 Å². The van der Waals surface area contributed by atoms with Gasteiger partial charge in [-0.25, -0.2) is 0 Å². The number of aryl methyl sites for hydroxylation is 1. The van der Waals surface area contributed by atoms with Crippen LogP contribution in [0.1, 0.15) is 56.9 Å². The molecule has 0 aromatic heterocycles. The van der Waals surface area contributed by atoms with E-state index < -0.39 is 0 Å². The van der Waals surface area contributed by atoms with Crippen LogP contribution in [0, 0.1) is 6.92 Å². The molecule has 2 heterocycles. The van der Waals surface area contributed by atoms with Crippen LogP contribution in [0.15, 0.2) is 53.4 Å². The fraction of sp³-hybridized carbons (Fsp3) is 0.333. The summed E-state index contributed by atoms with van der Waals surface area (Å²) in [6.45, 7) is 13.4. The lowest BCUT2D eigenvalue weighted by Crippen LogP contribution is -2.49. The summed E-state index contributed by atoms with van der Waals surface area (Å²) in [6.07, 6.45) is 4.18. The highest BCUT2D eigenvalue weighted by Gasteiger charge is 2.36. The number of carbonyl (C=O) groups is 2. The number of anilines is 1. The third kappa shape index (κ3) is 4.02. The summed E-state index contributed by atoms with van der Waals surface area (Å²) in [5, 5.41) is -0.218. The second kappa shape index (κ2) is 8.28. The Kier molecular flexibility index (Phi) is 5.80. The molecule has 0 N–H and O–H groups in total. The average molecular weight is 447 g/mol. The average Bonchev–Trinajstić information content (AvgIpc) is 2.96. The first kappa shape index (κ1) is 22.4. The number of imide groups is 1. The number of rotatable bonds is 4. The van der Waals surface area contributed by atoms with Crippen LogP contribution >= 0.6 is 11.8 Å². The number of fused-ring (bicyclic) bond motifs is 1. The van der Waals surface area contributed by atoms with Crippen molar-refractivity contribution in [3.8, 4) is 0 Å². The molecule has 0 bridgehead atoms. The molecule has 2 aliphatic rings. The molecule has 0 radical (unpaired) electrons. The van der Waals surface area contributed by atoms with Gasteiger partial charge in [0.25, 0.3) is 11.1 Å². The normalized spacial score (nSPS) is 19.1. The van der Waals surface area contributed by atoms with Gasteiger partial charge in [0.05, 0.1) is 17.0 Å². The highest BCUT2D eigenvalue weighted by molar-refractivity contribution is 8.18. The Balaban J connectivity index is 1.69. The number of allylic oxidation sites excluding steroid dienone is 1. The van der Waals surface area contributed by atoms with E-state index in [1.165, 1.54) is 21.7 Å². The van der Waals surface area contributed by atoms with Gasteiger partial charge in [0.2, 0.25) is 0 Å². The predicted molar refractivity (Wildman–Crippen MR) is 134 cm³/mol. The molecule has 4 rings (SSSR count). The second-order valence-corrected chi connectivity index (χ2v) is 10.4. The number of hydrogen-bond donors (Lipinski definition) is 0. The molecule has 0 aliphatic carbocycles. The van der Waals surface area contributed by atoms with Gasteiger partial charge in [0.15, 0.2) is 0 Å². The molecule has 0 unspecified atom stereocenters. The van der Waals surface area contributed by atoms with Gasteiger partial charge in [-0.2, -0.15) is 0 Å². The number of thioether (sulfide) groups is 1. The second-order valence-electron chi connectivity index (χ2n) is 9.42. The van der Waals surface area contributed by atoms with Crippen molar-refractivity contribution in [1.29, 1.82) is 0 Å². The molecule has 2 amide bonds. The van der Waals surface area contributed by atoms with Gasteiger partial charge in [-0.15, -0.1) is 0 Å². The molecule has 4 nitrogen and oxygen atoms in total. The smallest absolute Gasteiger partial charge is 0.293 e. The van der Waals surface area contributed by atoms with Crippen molar-refractivity contribution in [2.24, 2.45) is 0 Å². The van der Waals surface area contributed by atoms with Crippen LogP contribution in [-0.4, -0.2) is 27.6 Å². The fourth-order valence-electron chi connectivity index (χ4n) is 4.85. The van der Waals surface area contributed by atoms with E-state index in [0.717, 1.165) is 28.5 Å². The maximum absolute atomic E-state index is 13.0. The molecule has 1 fully saturated rings. The third-order valence-electron chi connectivity index (χ3n) is 6.12. The molecule has 2 aromatic rings. The number of amides is 2. The molecular weight excluding hydrogens is 416 g/mol. The lowest BCUT2D eigenvalue weighted by Gasteiger charge is -2.46. The van der Waals surface area contributed by atoms with Gasteiger partial charge in [-0.05, 0) is 93.8 Å². The van der Waals surface area contributed by atoms with Crippen molar-refractivity contribution >= 4 is 40.2 Å². The summed E-state index contributed by atoms with van der Waals surface area (Å²) < 4.78 is 0. The zero-order valence-electron chi connectivity index (χ0n) is 19.6. The number of nitrogens with zero attached hydrogens (tertiary/aromatic N) is 2. The van der Waals surface area contributed by atoms with Crippen molar-refractivity contribution in [1.82, 2.24) is 4.90 Å². The minimum Gasteiger partial charge on any atom is -0.360 e. The van der Waals surface area contributed by atoms with Crippen LogP contribution in [0.25, 0.3) is 11.6 Å². The fourth-order valence-corrected chi connectivity index (χ4v) is 5.68. The number of hydrogen-bond acceptors (Lipinski definition) is 4. The van der Waals surface area contributed by atoms with Crippen molar-refractivity contribution in [3.05, 3.63) is 75.7 Å². The molecule has 0 atom stereocenters. The van der Waals surface area contributed by atoms with Crippen molar-refractivity contribution in [2.75, 3.05) is 4.90 Å². The zero-order chi connectivity index (χ0) is 23.2. The molecule has 32 heavy (non-hydrogen) atoms. The summed E-state index contributed by atoms with van der Waals surface area (Å²) in [7, 11) is 0. The van der Waals surface area contributed by atoms with Crippen molar-refractivity contribution in [3.63, 3.8) is 0 Å². The number of carbonyl (C=O) groups excluding carboxylic acids is 2. The minimum absolute atomic E-state index is 0.0701. The first-order valence-electron chi connectivity index (χ1n) is 11.0. The molecule has 1 saturated heterocycles. The summed E-state index contributed by atoms with van der Waals surface area (Å²) in [4.78, 5) is 29.8. The van der Waals surface area contributed by atoms with E-state index in [-0.39, 0.29) is 16.7 Å². The van der Waals surface area contributed by atoms with E-state index in [2.05, 4.69) is 64.7 Å². The highest BCUT2D eigenvalue weighted by Crippen LogP contribution is 2.42. The topological polar surface area (TPSA) is 40.6 Å². The Morgan fingerprint density at radius 2 is 1.75 bits per heavy atom. The first-order chi connectivity index (χ1) is 15.1. The Labute approximate surface area is 195 Å². The lowest BCUT2D eigenvalue weighted by molar-refractivity contribution is -0.123. The molecule has 0 spiro atoms. The maximum Gasteiger partial charge on any atom is 0.293 e. The van der Waals surface area contributed by atoms with Crippen LogP contribution in [0.3, 0.4) is 0 Å². The van der Waals surface area contributed by atoms with Gasteiger partial charge in [0, 0.05) is 17.3 Å². The first-order valence-corrected chi connectivity index (χ1v) is 11.8. The largest absolute Gasteiger partial charge is 0.360 e. The maximum atomic E-state index is 13.0. The SMILES string of the molecule is CC1=CC(C)(C)N(C(C)C)c2cc(C)c(/C=C3\SC(=O)N(Cc4ccccc4)C3=O)cc21. The quantitative estimate of drug-likeness (QED) is 0.494.